The Hall–Kier alpha value is -2.05. The molecule has 3 aromatic rings. The van der Waals surface area contributed by atoms with Crippen molar-refractivity contribution < 1.29 is 0 Å². The van der Waals surface area contributed by atoms with Crippen LogP contribution in [0.1, 0.15) is 29.7 Å². The molecule has 3 heterocycles. The fourth-order valence-electron chi connectivity index (χ4n) is 4.20. The van der Waals surface area contributed by atoms with Gasteiger partial charge in [0, 0.05) is 35.4 Å². The lowest BCUT2D eigenvalue weighted by molar-refractivity contribution is 0.276. The molecular formula is C21H25N5S. The van der Waals surface area contributed by atoms with Crippen molar-refractivity contribution in [2.24, 2.45) is 5.92 Å². The lowest BCUT2D eigenvalue weighted by Gasteiger charge is -2.25. The second-order valence-electron chi connectivity index (χ2n) is 7.92. The van der Waals surface area contributed by atoms with Crippen LogP contribution in [-0.4, -0.2) is 46.5 Å². The van der Waals surface area contributed by atoms with Gasteiger partial charge in [-0.1, -0.05) is 0 Å². The molecule has 0 spiro atoms. The Balaban J connectivity index is 1.55. The van der Waals surface area contributed by atoms with E-state index in [0.29, 0.717) is 6.04 Å². The van der Waals surface area contributed by atoms with Gasteiger partial charge in [0.2, 0.25) is 0 Å². The number of thiophene rings is 1. The van der Waals surface area contributed by atoms with Crippen LogP contribution in [-0.2, 0) is 12.8 Å². The number of likely N-dealkylation sites (N-methyl/N-ethyl adjacent to an activating group) is 1. The van der Waals surface area contributed by atoms with Gasteiger partial charge in [-0.2, -0.15) is 0 Å². The van der Waals surface area contributed by atoms with E-state index in [1.807, 2.05) is 29.7 Å². The van der Waals surface area contributed by atoms with Crippen LogP contribution in [0.4, 0.5) is 5.82 Å². The zero-order valence-electron chi connectivity index (χ0n) is 15.9. The maximum absolute atomic E-state index is 4.96. The standard InChI is InChI=1S/C21H25N5S/c1-26(2)16(13-8-9-13)12-23-20-18-15-6-3-7-17(15)27-21(18)25-19(24-20)14-5-4-10-22-11-14/h4-5,10-11,13,16H,3,6-9,12H2,1-2H3,(H,23,24,25). The summed E-state index contributed by atoms with van der Waals surface area (Å²) >= 11 is 1.85. The highest BCUT2D eigenvalue weighted by Gasteiger charge is 2.33. The predicted octanol–water partition coefficient (Wildman–Crippen LogP) is 3.99. The van der Waals surface area contributed by atoms with Gasteiger partial charge in [0.25, 0.3) is 0 Å². The molecule has 0 radical (unpaired) electrons. The topological polar surface area (TPSA) is 53.9 Å². The molecule has 0 aliphatic heterocycles. The van der Waals surface area contributed by atoms with Gasteiger partial charge in [-0.05, 0) is 69.8 Å². The quantitative estimate of drug-likeness (QED) is 0.702. The number of fused-ring (bicyclic) bond motifs is 3. The van der Waals surface area contributed by atoms with Crippen molar-refractivity contribution in [2.45, 2.75) is 38.1 Å². The minimum absolute atomic E-state index is 0.559. The number of hydrogen-bond acceptors (Lipinski definition) is 6. The number of nitrogens with one attached hydrogen (secondary N) is 1. The van der Waals surface area contributed by atoms with Crippen molar-refractivity contribution in [3.8, 4) is 11.4 Å². The first-order chi connectivity index (χ1) is 13.2. The first-order valence-electron chi connectivity index (χ1n) is 9.83. The number of aromatic nitrogens is 3. The molecule has 1 unspecified atom stereocenters. The van der Waals surface area contributed by atoms with Crippen molar-refractivity contribution in [1.82, 2.24) is 19.9 Å². The van der Waals surface area contributed by atoms with E-state index >= 15 is 0 Å². The molecule has 0 saturated heterocycles. The summed E-state index contributed by atoms with van der Waals surface area (Å²) in [6, 6.07) is 4.54. The molecule has 0 amide bonds. The molecule has 0 aromatic carbocycles. The van der Waals surface area contributed by atoms with Crippen LogP contribution in [0.5, 0.6) is 0 Å². The summed E-state index contributed by atoms with van der Waals surface area (Å²) in [6.07, 6.45) is 9.91. The van der Waals surface area contributed by atoms with E-state index in [1.165, 1.54) is 41.5 Å². The molecule has 1 N–H and O–H groups in total. The number of aryl methyl sites for hydroxylation is 2. The molecule has 6 heteroatoms. The Morgan fingerprint density at radius 1 is 1.26 bits per heavy atom. The highest BCUT2D eigenvalue weighted by Crippen LogP contribution is 2.41. The molecule has 1 saturated carbocycles. The maximum Gasteiger partial charge on any atom is 0.164 e. The molecule has 2 aliphatic rings. The average Bonchev–Trinajstić information content (AvgIpc) is 3.29. The van der Waals surface area contributed by atoms with Crippen molar-refractivity contribution in [3.63, 3.8) is 0 Å². The van der Waals surface area contributed by atoms with E-state index in [2.05, 4.69) is 29.3 Å². The van der Waals surface area contributed by atoms with Gasteiger partial charge in [0.15, 0.2) is 5.82 Å². The van der Waals surface area contributed by atoms with Crippen molar-refractivity contribution >= 4 is 27.4 Å². The van der Waals surface area contributed by atoms with E-state index in [0.717, 1.165) is 40.9 Å². The Kier molecular flexibility index (Phi) is 4.32. The number of hydrogen-bond donors (Lipinski definition) is 1. The number of anilines is 1. The van der Waals surface area contributed by atoms with Gasteiger partial charge in [0.05, 0.1) is 5.39 Å². The summed E-state index contributed by atoms with van der Waals surface area (Å²) in [6.45, 7) is 0.931. The largest absolute Gasteiger partial charge is 0.368 e. The molecule has 140 valence electrons. The number of pyridine rings is 1. The first kappa shape index (κ1) is 17.1. The van der Waals surface area contributed by atoms with E-state index in [9.17, 15) is 0 Å². The average molecular weight is 380 g/mol. The second-order valence-corrected chi connectivity index (χ2v) is 9.01. The molecule has 3 aromatic heterocycles. The van der Waals surface area contributed by atoms with Crippen LogP contribution in [0.2, 0.25) is 0 Å². The smallest absolute Gasteiger partial charge is 0.164 e. The molecular weight excluding hydrogens is 354 g/mol. The van der Waals surface area contributed by atoms with Crippen molar-refractivity contribution in [3.05, 3.63) is 35.0 Å². The Morgan fingerprint density at radius 2 is 2.15 bits per heavy atom. The van der Waals surface area contributed by atoms with E-state index < -0.39 is 0 Å². The zero-order chi connectivity index (χ0) is 18.4. The lowest BCUT2D eigenvalue weighted by Crippen LogP contribution is -2.36. The maximum atomic E-state index is 4.96. The molecule has 0 bridgehead atoms. The normalized spacial score (nSPS) is 17.4. The fraction of sp³-hybridized carbons (Fsp3) is 0.476. The number of rotatable bonds is 6. The summed E-state index contributed by atoms with van der Waals surface area (Å²) < 4.78 is 0. The predicted molar refractivity (Wildman–Crippen MR) is 111 cm³/mol. The molecule has 1 atom stereocenters. The summed E-state index contributed by atoms with van der Waals surface area (Å²) in [5.74, 6) is 2.59. The van der Waals surface area contributed by atoms with Gasteiger partial charge < -0.3 is 10.2 Å². The highest BCUT2D eigenvalue weighted by atomic mass is 32.1. The monoisotopic (exact) mass is 379 g/mol. The van der Waals surface area contributed by atoms with E-state index in [1.54, 1.807) is 6.20 Å². The third-order valence-corrected chi connectivity index (χ3v) is 6.98. The van der Waals surface area contributed by atoms with Gasteiger partial charge in [-0.3, -0.25) is 4.98 Å². The van der Waals surface area contributed by atoms with Crippen molar-refractivity contribution in [1.29, 1.82) is 0 Å². The van der Waals surface area contributed by atoms with Crippen LogP contribution in [0, 0.1) is 5.92 Å². The molecule has 1 fully saturated rings. The van der Waals surface area contributed by atoms with Gasteiger partial charge >= 0.3 is 0 Å². The summed E-state index contributed by atoms with van der Waals surface area (Å²) in [5, 5.41) is 4.97. The Bertz CT molecular complexity index is 960. The first-order valence-corrected chi connectivity index (χ1v) is 10.7. The SMILES string of the molecule is CN(C)C(CNc1nc(-c2cccnc2)nc2sc3c(c12)CCC3)C1CC1. The van der Waals surface area contributed by atoms with Gasteiger partial charge in [0.1, 0.15) is 10.6 Å². The minimum atomic E-state index is 0.559. The third-order valence-electron chi connectivity index (χ3n) is 5.79. The molecule has 5 nitrogen and oxygen atoms in total. The van der Waals surface area contributed by atoms with Gasteiger partial charge in [-0.15, -0.1) is 11.3 Å². The minimum Gasteiger partial charge on any atom is -0.368 e. The molecule has 27 heavy (non-hydrogen) atoms. The van der Waals surface area contributed by atoms with Crippen LogP contribution >= 0.6 is 11.3 Å². The van der Waals surface area contributed by atoms with Crippen LogP contribution in [0.15, 0.2) is 24.5 Å². The second kappa shape index (κ2) is 6.84. The molecule has 2 aliphatic carbocycles. The van der Waals surface area contributed by atoms with Gasteiger partial charge in [-0.25, -0.2) is 9.97 Å². The lowest BCUT2D eigenvalue weighted by atomic mass is 10.1. The van der Waals surface area contributed by atoms with Crippen LogP contribution < -0.4 is 5.32 Å². The third kappa shape index (κ3) is 3.21. The summed E-state index contributed by atoms with van der Waals surface area (Å²) in [4.78, 5) is 19.1. The summed E-state index contributed by atoms with van der Waals surface area (Å²) in [5.41, 5.74) is 2.45. The van der Waals surface area contributed by atoms with Crippen molar-refractivity contribution in [2.75, 3.05) is 26.0 Å². The van der Waals surface area contributed by atoms with Crippen LogP contribution in [0.25, 0.3) is 21.6 Å². The Morgan fingerprint density at radius 3 is 2.89 bits per heavy atom. The molecule has 5 rings (SSSR count). The fourth-order valence-corrected chi connectivity index (χ4v) is 5.46. The summed E-state index contributed by atoms with van der Waals surface area (Å²) in [7, 11) is 4.37. The Labute approximate surface area is 163 Å². The highest BCUT2D eigenvalue weighted by molar-refractivity contribution is 7.19. The van der Waals surface area contributed by atoms with Crippen LogP contribution in [0.3, 0.4) is 0 Å². The van der Waals surface area contributed by atoms with E-state index in [4.69, 9.17) is 9.97 Å². The van der Waals surface area contributed by atoms with E-state index in [-0.39, 0.29) is 0 Å². The zero-order valence-corrected chi connectivity index (χ0v) is 16.7. The number of nitrogens with zero attached hydrogens (tertiary/aromatic N) is 4.